The summed E-state index contributed by atoms with van der Waals surface area (Å²) >= 11 is 0. The van der Waals surface area contributed by atoms with Crippen LogP contribution in [0.4, 0.5) is 17.1 Å². The zero-order valence-electron chi connectivity index (χ0n) is 25.8. The van der Waals surface area contributed by atoms with Gasteiger partial charge in [-0.05, 0) is 114 Å². The van der Waals surface area contributed by atoms with Gasteiger partial charge in [-0.2, -0.15) is 0 Å². The molecule has 0 amide bonds. The normalized spacial score (nSPS) is 11.4. The smallest absolute Gasteiger partial charge is 0.0468 e. The van der Waals surface area contributed by atoms with Crippen LogP contribution in [0.1, 0.15) is 0 Å². The lowest BCUT2D eigenvalue weighted by atomic mass is 9.93. The summed E-state index contributed by atoms with van der Waals surface area (Å²) in [4.78, 5) is 2.37. The topological polar surface area (TPSA) is 3.24 Å². The summed E-state index contributed by atoms with van der Waals surface area (Å²) in [5.41, 5.74) is 8.23. The van der Waals surface area contributed by atoms with E-state index in [4.69, 9.17) is 0 Å². The summed E-state index contributed by atoms with van der Waals surface area (Å²) in [6.07, 6.45) is 0. The summed E-state index contributed by atoms with van der Waals surface area (Å²) in [7, 11) is 0. The summed E-state index contributed by atoms with van der Waals surface area (Å²) in [5.74, 6) is 0. The Labute approximate surface area is 274 Å². The molecule has 0 aliphatic rings. The highest BCUT2D eigenvalue weighted by molar-refractivity contribution is 6.13. The zero-order valence-corrected chi connectivity index (χ0v) is 25.8. The van der Waals surface area contributed by atoms with Crippen LogP contribution in [-0.2, 0) is 0 Å². The summed E-state index contributed by atoms with van der Waals surface area (Å²) < 4.78 is 0. The number of hydrogen-bond acceptors (Lipinski definition) is 1. The average molecular weight is 598 g/mol. The molecule has 1 nitrogen and oxygen atoms in total. The average Bonchev–Trinajstić information content (AvgIpc) is 3.15. The van der Waals surface area contributed by atoms with E-state index in [2.05, 4.69) is 193 Å². The zero-order chi connectivity index (χ0) is 31.2. The SMILES string of the molecule is c1cc(-c2ccc3ccccc3c2)cc(N(c2ccc(-c3cc4ccccc4c4ccccc34)cc2)c2ccc3ccccc3c2)c1. The van der Waals surface area contributed by atoms with Crippen LogP contribution in [0, 0.1) is 0 Å². The van der Waals surface area contributed by atoms with Crippen LogP contribution in [0.5, 0.6) is 0 Å². The lowest BCUT2D eigenvalue weighted by Gasteiger charge is -2.26. The predicted molar refractivity (Wildman–Crippen MR) is 202 cm³/mol. The molecule has 0 saturated heterocycles. The van der Waals surface area contributed by atoms with Gasteiger partial charge in [-0.3, -0.25) is 0 Å². The molecule has 0 atom stereocenters. The van der Waals surface area contributed by atoms with Gasteiger partial charge in [0.1, 0.15) is 0 Å². The lowest BCUT2D eigenvalue weighted by Crippen LogP contribution is -2.10. The van der Waals surface area contributed by atoms with Gasteiger partial charge in [0.2, 0.25) is 0 Å². The maximum Gasteiger partial charge on any atom is 0.0468 e. The number of fused-ring (bicyclic) bond motifs is 5. The van der Waals surface area contributed by atoms with E-state index in [1.165, 1.54) is 65.3 Å². The van der Waals surface area contributed by atoms with E-state index >= 15 is 0 Å². The van der Waals surface area contributed by atoms with Gasteiger partial charge in [0, 0.05) is 17.1 Å². The van der Waals surface area contributed by atoms with Gasteiger partial charge in [-0.15, -0.1) is 0 Å². The second kappa shape index (κ2) is 11.3. The van der Waals surface area contributed by atoms with E-state index in [-0.39, 0.29) is 0 Å². The van der Waals surface area contributed by atoms with E-state index in [1.54, 1.807) is 0 Å². The molecule has 9 aromatic carbocycles. The number of hydrogen-bond donors (Lipinski definition) is 0. The van der Waals surface area contributed by atoms with Crippen LogP contribution >= 0.6 is 0 Å². The highest BCUT2D eigenvalue weighted by Crippen LogP contribution is 2.40. The molecule has 0 N–H and O–H groups in total. The van der Waals surface area contributed by atoms with Crippen LogP contribution in [0.15, 0.2) is 188 Å². The Kier molecular flexibility index (Phi) is 6.54. The highest BCUT2D eigenvalue weighted by Gasteiger charge is 2.16. The number of rotatable bonds is 5. The maximum absolute atomic E-state index is 2.37. The molecule has 0 bridgehead atoms. The number of nitrogens with zero attached hydrogens (tertiary/aromatic N) is 1. The van der Waals surface area contributed by atoms with Gasteiger partial charge in [0.05, 0.1) is 0 Å². The van der Waals surface area contributed by atoms with Crippen molar-refractivity contribution in [2.24, 2.45) is 0 Å². The molecule has 0 aromatic heterocycles. The van der Waals surface area contributed by atoms with Crippen LogP contribution in [0.3, 0.4) is 0 Å². The van der Waals surface area contributed by atoms with E-state index in [0.717, 1.165) is 17.1 Å². The van der Waals surface area contributed by atoms with Crippen molar-refractivity contribution in [1.29, 1.82) is 0 Å². The molecule has 0 fully saturated rings. The fourth-order valence-corrected chi connectivity index (χ4v) is 7.04. The fraction of sp³-hybridized carbons (Fsp3) is 0. The summed E-state index contributed by atoms with van der Waals surface area (Å²) in [6.45, 7) is 0. The molecular formula is C46H31N. The molecule has 47 heavy (non-hydrogen) atoms. The first kappa shape index (κ1) is 27.2. The van der Waals surface area contributed by atoms with Gasteiger partial charge in [0.25, 0.3) is 0 Å². The third-order valence-electron chi connectivity index (χ3n) is 9.38. The molecule has 0 heterocycles. The number of anilines is 3. The van der Waals surface area contributed by atoms with Crippen LogP contribution in [0.2, 0.25) is 0 Å². The second-order valence-electron chi connectivity index (χ2n) is 12.2. The molecule has 0 saturated carbocycles. The molecule has 220 valence electrons. The van der Waals surface area contributed by atoms with Gasteiger partial charge < -0.3 is 4.90 Å². The van der Waals surface area contributed by atoms with E-state index in [0.29, 0.717) is 0 Å². The summed E-state index contributed by atoms with van der Waals surface area (Å²) in [6, 6.07) is 68.3. The number of benzene rings is 9. The summed E-state index contributed by atoms with van der Waals surface area (Å²) in [5, 5.41) is 10.1. The van der Waals surface area contributed by atoms with Crippen LogP contribution in [-0.4, -0.2) is 0 Å². The van der Waals surface area contributed by atoms with Crippen molar-refractivity contribution in [2.45, 2.75) is 0 Å². The van der Waals surface area contributed by atoms with Crippen LogP contribution in [0.25, 0.3) is 65.3 Å². The molecular weight excluding hydrogens is 567 g/mol. The Bertz CT molecular complexity index is 2580. The first-order valence-corrected chi connectivity index (χ1v) is 16.2. The van der Waals surface area contributed by atoms with E-state index in [1.807, 2.05) is 0 Å². The molecule has 0 radical (unpaired) electrons. The highest BCUT2D eigenvalue weighted by atomic mass is 15.1. The van der Waals surface area contributed by atoms with Gasteiger partial charge in [-0.1, -0.05) is 140 Å². The Balaban J connectivity index is 1.18. The third-order valence-corrected chi connectivity index (χ3v) is 9.38. The molecule has 0 spiro atoms. The Morgan fingerprint density at radius 3 is 1.55 bits per heavy atom. The molecule has 9 rings (SSSR count). The molecule has 0 unspecified atom stereocenters. The third kappa shape index (κ3) is 4.90. The van der Waals surface area contributed by atoms with Crippen molar-refractivity contribution >= 4 is 60.2 Å². The second-order valence-corrected chi connectivity index (χ2v) is 12.2. The Morgan fingerprint density at radius 2 is 0.787 bits per heavy atom. The largest absolute Gasteiger partial charge is 0.310 e. The van der Waals surface area contributed by atoms with Crippen molar-refractivity contribution in [3.63, 3.8) is 0 Å². The Morgan fingerprint density at radius 1 is 0.255 bits per heavy atom. The molecule has 0 aliphatic carbocycles. The quantitative estimate of drug-likeness (QED) is 0.178. The standard InChI is InChI=1S/C46H31N/c1-3-12-35-28-38(21-20-32(35)10-1)37-15-9-16-41(30-37)47(42-27-22-33-11-2-4-13-36(33)29-42)40-25-23-34(24-26-40)46-31-39-14-5-6-17-43(39)44-18-7-8-19-45(44)46/h1-31H. The lowest BCUT2D eigenvalue weighted by molar-refractivity contribution is 1.29. The molecule has 1 heteroatoms. The molecule has 0 aliphatic heterocycles. The van der Waals surface area contributed by atoms with Crippen molar-refractivity contribution < 1.29 is 0 Å². The minimum atomic E-state index is 1.12. The van der Waals surface area contributed by atoms with E-state index in [9.17, 15) is 0 Å². The first-order valence-electron chi connectivity index (χ1n) is 16.2. The fourth-order valence-electron chi connectivity index (χ4n) is 7.04. The molecule has 9 aromatic rings. The predicted octanol–water partition coefficient (Wildman–Crippen LogP) is 13.1. The first-order chi connectivity index (χ1) is 23.3. The van der Waals surface area contributed by atoms with E-state index < -0.39 is 0 Å². The monoisotopic (exact) mass is 597 g/mol. The van der Waals surface area contributed by atoms with Gasteiger partial charge >= 0.3 is 0 Å². The van der Waals surface area contributed by atoms with Gasteiger partial charge in [0.15, 0.2) is 0 Å². The van der Waals surface area contributed by atoms with Crippen molar-refractivity contribution in [3.8, 4) is 22.3 Å². The van der Waals surface area contributed by atoms with Crippen molar-refractivity contribution in [2.75, 3.05) is 4.90 Å². The van der Waals surface area contributed by atoms with Crippen molar-refractivity contribution in [3.05, 3.63) is 188 Å². The van der Waals surface area contributed by atoms with Crippen molar-refractivity contribution in [1.82, 2.24) is 0 Å². The minimum Gasteiger partial charge on any atom is -0.310 e. The van der Waals surface area contributed by atoms with Gasteiger partial charge in [-0.25, -0.2) is 0 Å². The van der Waals surface area contributed by atoms with Crippen LogP contribution < -0.4 is 4.90 Å². The maximum atomic E-state index is 2.37. The Hall–Kier alpha value is -6.18. The minimum absolute atomic E-state index is 1.12.